The highest BCUT2D eigenvalue weighted by molar-refractivity contribution is 6.06. The number of anilines is 1. The van der Waals surface area contributed by atoms with E-state index in [2.05, 4.69) is 15.0 Å². The molecule has 2 aliphatic rings. The van der Waals surface area contributed by atoms with Crippen LogP contribution in [-0.2, 0) is 9.47 Å². The zero-order valence-electron chi connectivity index (χ0n) is 18.3. The molecule has 1 atom stereocenters. The molecule has 0 bridgehead atoms. The topological polar surface area (TPSA) is 116 Å². The largest absolute Gasteiger partial charge is 0.444 e. The molecule has 0 saturated carbocycles. The Morgan fingerprint density at radius 1 is 1.16 bits per heavy atom. The molecule has 2 aromatic rings. The highest BCUT2D eigenvalue weighted by atomic mass is 16.6. The third kappa shape index (κ3) is 4.43. The van der Waals surface area contributed by atoms with E-state index >= 15 is 0 Å². The monoisotopic (exact) mass is 430 g/mol. The van der Waals surface area contributed by atoms with Crippen LogP contribution in [0.3, 0.4) is 0 Å². The number of nitrogens with zero attached hydrogens (tertiary/aromatic N) is 5. The van der Waals surface area contributed by atoms with E-state index in [0.717, 1.165) is 30.3 Å². The van der Waals surface area contributed by atoms with E-state index in [4.69, 9.17) is 15.2 Å². The molecule has 4 rings (SSSR count). The van der Waals surface area contributed by atoms with E-state index in [1.54, 1.807) is 22.0 Å². The Morgan fingerprint density at radius 2 is 1.90 bits per heavy atom. The maximum absolute atomic E-state index is 12.4. The summed E-state index contributed by atoms with van der Waals surface area (Å²) in [5.74, 6) is -0.594. The number of hydrogen-bond acceptors (Lipinski definition) is 7. The third-order valence-electron chi connectivity index (χ3n) is 5.55. The summed E-state index contributed by atoms with van der Waals surface area (Å²) in [5, 5.41) is 5.34. The van der Waals surface area contributed by atoms with Crippen molar-refractivity contribution in [1.29, 1.82) is 0 Å². The van der Waals surface area contributed by atoms with E-state index in [9.17, 15) is 9.59 Å². The molecule has 2 amide bonds. The highest BCUT2D eigenvalue weighted by Gasteiger charge is 2.29. The van der Waals surface area contributed by atoms with Gasteiger partial charge in [0.2, 0.25) is 0 Å². The Bertz CT molecular complexity index is 968. The van der Waals surface area contributed by atoms with Crippen LogP contribution in [0.2, 0.25) is 0 Å². The van der Waals surface area contributed by atoms with Crippen LogP contribution in [0.25, 0.3) is 10.9 Å². The van der Waals surface area contributed by atoms with E-state index in [1.807, 2.05) is 20.8 Å². The van der Waals surface area contributed by atoms with Crippen LogP contribution in [0.4, 0.5) is 10.5 Å². The normalized spacial score (nSPS) is 20.2. The summed E-state index contributed by atoms with van der Waals surface area (Å²) in [7, 11) is 0. The predicted octanol–water partition coefficient (Wildman–Crippen LogP) is 2.29. The molecule has 2 fully saturated rings. The number of carbonyl (C=O) groups excluding carboxylic acids is 2. The van der Waals surface area contributed by atoms with Gasteiger partial charge in [0.1, 0.15) is 11.1 Å². The molecule has 0 aromatic carbocycles. The second kappa shape index (κ2) is 8.33. The first-order chi connectivity index (χ1) is 14.7. The lowest BCUT2D eigenvalue weighted by Gasteiger charge is -2.36. The van der Waals surface area contributed by atoms with E-state index in [-0.39, 0.29) is 18.0 Å². The number of nitrogens with two attached hydrogens (primary N) is 1. The van der Waals surface area contributed by atoms with Gasteiger partial charge >= 0.3 is 6.09 Å². The lowest BCUT2D eigenvalue weighted by Crippen LogP contribution is -2.50. The van der Waals surface area contributed by atoms with Gasteiger partial charge in [0, 0.05) is 38.2 Å². The molecule has 0 radical (unpaired) electrons. The quantitative estimate of drug-likeness (QED) is 0.794. The third-order valence-corrected chi connectivity index (χ3v) is 5.55. The average Bonchev–Trinajstić information content (AvgIpc) is 3.17. The van der Waals surface area contributed by atoms with Crippen molar-refractivity contribution in [3.8, 4) is 0 Å². The van der Waals surface area contributed by atoms with Crippen molar-refractivity contribution in [3.05, 3.63) is 18.1 Å². The maximum Gasteiger partial charge on any atom is 0.410 e. The molecule has 10 nitrogen and oxygen atoms in total. The number of aromatic nitrogens is 3. The Morgan fingerprint density at radius 3 is 2.52 bits per heavy atom. The zero-order valence-corrected chi connectivity index (χ0v) is 18.3. The lowest BCUT2D eigenvalue weighted by atomic mass is 10.1. The summed E-state index contributed by atoms with van der Waals surface area (Å²) < 4.78 is 13.1. The molecule has 0 aliphatic carbocycles. The Labute approximate surface area is 181 Å². The fourth-order valence-corrected chi connectivity index (χ4v) is 4.07. The molecule has 2 N–H and O–H groups in total. The fourth-order valence-electron chi connectivity index (χ4n) is 4.07. The molecular formula is C21H30N6O4. The zero-order chi connectivity index (χ0) is 22.2. The number of piperazine rings is 1. The van der Waals surface area contributed by atoms with Crippen molar-refractivity contribution in [2.45, 2.75) is 51.9 Å². The summed E-state index contributed by atoms with van der Waals surface area (Å²) >= 11 is 0. The van der Waals surface area contributed by atoms with E-state index < -0.39 is 11.5 Å². The van der Waals surface area contributed by atoms with Crippen molar-refractivity contribution >= 4 is 28.6 Å². The molecule has 168 valence electrons. The number of primary amides is 1. The van der Waals surface area contributed by atoms with Crippen molar-refractivity contribution < 1.29 is 19.1 Å². The minimum atomic E-state index is -0.594. The number of rotatable bonds is 3. The summed E-state index contributed by atoms with van der Waals surface area (Å²) in [6.45, 7) is 8.56. The second-order valence-corrected chi connectivity index (χ2v) is 8.98. The summed E-state index contributed by atoms with van der Waals surface area (Å²) in [6, 6.07) is 0. The molecule has 1 unspecified atom stereocenters. The molecule has 31 heavy (non-hydrogen) atoms. The summed E-state index contributed by atoms with van der Waals surface area (Å²) in [5.41, 5.74) is 6.75. The smallest absolute Gasteiger partial charge is 0.410 e. The molecule has 4 heterocycles. The van der Waals surface area contributed by atoms with Gasteiger partial charge < -0.3 is 25.0 Å². The lowest BCUT2D eigenvalue weighted by molar-refractivity contribution is -0.0367. The van der Waals surface area contributed by atoms with E-state index in [1.165, 1.54) is 0 Å². The Balaban J connectivity index is 1.59. The summed E-state index contributed by atoms with van der Waals surface area (Å²) in [4.78, 5) is 32.7. The van der Waals surface area contributed by atoms with E-state index in [0.29, 0.717) is 38.3 Å². The van der Waals surface area contributed by atoms with Crippen LogP contribution in [0, 0.1) is 0 Å². The predicted molar refractivity (Wildman–Crippen MR) is 115 cm³/mol. The van der Waals surface area contributed by atoms with Crippen molar-refractivity contribution in [2.75, 3.05) is 37.7 Å². The van der Waals surface area contributed by atoms with Crippen LogP contribution < -0.4 is 10.6 Å². The molecule has 2 aliphatic heterocycles. The Kier molecular flexibility index (Phi) is 5.74. The number of hydrogen-bond donors (Lipinski definition) is 1. The first-order valence-electron chi connectivity index (χ1n) is 10.7. The number of pyridine rings is 1. The van der Waals surface area contributed by atoms with Crippen LogP contribution in [-0.4, -0.2) is 70.1 Å². The van der Waals surface area contributed by atoms with Gasteiger partial charge in [-0.2, -0.15) is 5.10 Å². The highest BCUT2D eigenvalue weighted by Crippen LogP contribution is 2.33. The van der Waals surface area contributed by atoms with Crippen LogP contribution in [0.1, 0.15) is 56.8 Å². The van der Waals surface area contributed by atoms with Gasteiger partial charge in [0.05, 0.1) is 18.1 Å². The first kappa shape index (κ1) is 21.4. The molecule has 0 spiro atoms. The van der Waals surface area contributed by atoms with Gasteiger partial charge in [-0.1, -0.05) is 0 Å². The molecule has 10 heteroatoms. The van der Waals surface area contributed by atoms with Gasteiger partial charge in [0.25, 0.3) is 5.91 Å². The van der Waals surface area contributed by atoms with Gasteiger partial charge in [-0.25, -0.2) is 14.5 Å². The number of ether oxygens (including phenoxy) is 2. The standard InChI is InChI=1S/C21H30N6O4/c1-21(2,3)31-20(29)26-9-7-25(8-10-26)15-13-23-17(19(22)28)18-14(15)12-24-27(18)16-6-4-5-11-30-16/h12-13,16H,4-11H2,1-3H3,(H2,22,28). The second-order valence-electron chi connectivity index (χ2n) is 8.98. The van der Waals surface area contributed by atoms with Crippen molar-refractivity contribution in [2.24, 2.45) is 5.73 Å². The fraction of sp³-hybridized carbons (Fsp3) is 0.619. The molecular weight excluding hydrogens is 400 g/mol. The number of amides is 2. The van der Waals surface area contributed by atoms with Crippen LogP contribution in [0.15, 0.2) is 12.4 Å². The maximum atomic E-state index is 12.4. The van der Waals surface area contributed by atoms with Gasteiger partial charge in [-0.05, 0) is 40.0 Å². The van der Waals surface area contributed by atoms with Crippen molar-refractivity contribution in [3.63, 3.8) is 0 Å². The Hall–Kier alpha value is -2.88. The number of carbonyl (C=O) groups is 2. The SMILES string of the molecule is CC(C)(C)OC(=O)N1CCN(c2cnc(C(N)=O)c3c2cnn3C2CCCCO2)CC1. The van der Waals surface area contributed by atoms with Gasteiger partial charge in [0.15, 0.2) is 11.9 Å². The van der Waals surface area contributed by atoms with Crippen LogP contribution in [0.5, 0.6) is 0 Å². The molecule has 2 saturated heterocycles. The first-order valence-corrected chi connectivity index (χ1v) is 10.7. The average molecular weight is 431 g/mol. The minimum absolute atomic E-state index is 0.192. The van der Waals surface area contributed by atoms with Gasteiger partial charge in [-0.15, -0.1) is 0 Å². The number of fused-ring (bicyclic) bond motifs is 1. The van der Waals surface area contributed by atoms with Crippen LogP contribution >= 0.6 is 0 Å². The molecule has 2 aromatic heterocycles. The minimum Gasteiger partial charge on any atom is -0.444 e. The van der Waals surface area contributed by atoms with Crippen molar-refractivity contribution in [1.82, 2.24) is 19.7 Å². The van der Waals surface area contributed by atoms with Gasteiger partial charge in [-0.3, -0.25) is 4.79 Å². The summed E-state index contributed by atoms with van der Waals surface area (Å²) in [6.07, 6.45) is 5.76.